The molecule has 1 aromatic carbocycles. The van der Waals surface area contributed by atoms with Gasteiger partial charge < -0.3 is 4.42 Å². The van der Waals surface area contributed by atoms with E-state index in [1.54, 1.807) is 0 Å². The van der Waals surface area contributed by atoms with Gasteiger partial charge in [-0.2, -0.15) is 0 Å². The number of halogens is 2. The molecule has 0 aliphatic rings. The van der Waals surface area contributed by atoms with Crippen molar-refractivity contribution in [3.05, 3.63) is 32.9 Å². The second kappa shape index (κ2) is 2.89. The van der Waals surface area contributed by atoms with E-state index in [2.05, 4.69) is 37.9 Å². The molecule has 0 unspecified atom stereocenters. The highest BCUT2D eigenvalue weighted by Gasteiger charge is 2.06. The van der Waals surface area contributed by atoms with Crippen LogP contribution in [0, 0.1) is 6.92 Å². The number of aryl methyl sites for hydroxylation is 1. The molecule has 0 amide bonds. The molecular formula is C9H6Br2O. The zero-order chi connectivity index (χ0) is 8.72. The van der Waals surface area contributed by atoms with E-state index >= 15 is 0 Å². The summed E-state index contributed by atoms with van der Waals surface area (Å²) >= 11 is 6.77. The molecule has 3 heteroatoms. The van der Waals surface area contributed by atoms with E-state index in [1.165, 1.54) is 0 Å². The molecule has 2 rings (SSSR count). The fourth-order valence-corrected chi connectivity index (χ4v) is 1.91. The lowest BCUT2D eigenvalue weighted by atomic mass is 10.2. The van der Waals surface area contributed by atoms with Crippen LogP contribution in [0.2, 0.25) is 0 Å². The third-order valence-corrected chi connectivity index (χ3v) is 3.09. The summed E-state index contributed by atoms with van der Waals surface area (Å²) in [6, 6.07) is 5.98. The zero-order valence-electron chi connectivity index (χ0n) is 6.40. The maximum absolute atomic E-state index is 5.45. The Morgan fingerprint density at radius 2 is 2.00 bits per heavy atom. The topological polar surface area (TPSA) is 13.1 Å². The predicted octanol–water partition coefficient (Wildman–Crippen LogP) is 4.27. The summed E-state index contributed by atoms with van der Waals surface area (Å²) in [5.74, 6) is 0. The van der Waals surface area contributed by atoms with E-state index < -0.39 is 0 Å². The van der Waals surface area contributed by atoms with Crippen LogP contribution >= 0.6 is 31.9 Å². The fourth-order valence-electron chi connectivity index (χ4n) is 1.16. The van der Waals surface area contributed by atoms with Crippen molar-refractivity contribution in [2.45, 2.75) is 6.92 Å². The van der Waals surface area contributed by atoms with Gasteiger partial charge in [-0.1, -0.05) is 15.9 Å². The van der Waals surface area contributed by atoms with Gasteiger partial charge >= 0.3 is 0 Å². The molecular weight excluding hydrogens is 284 g/mol. The first-order valence-corrected chi connectivity index (χ1v) is 5.11. The predicted molar refractivity (Wildman–Crippen MR) is 56.4 cm³/mol. The SMILES string of the molecule is Cc1c(Br)oc2ccc(Br)cc12. The quantitative estimate of drug-likeness (QED) is 0.706. The molecule has 62 valence electrons. The second-order valence-electron chi connectivity index (χ2n) is 2.64. The Morgan fingerprint density at radius 1 is 1.25 bits per heavy atom. The van der Waals surface area contributed by atoms with Gasteiger partial charge in [-0.05, 0) is 41.1 Å². The van der Waals surface area contributed by atoms with Crippen LogP contribution in [0.1, 0.15) is 5.56 Å². The minimum atomic E-state index is 0.815. The zero-order valence-corrected chi connectivity index (χ0v) is 9.57. The van der Waals surface area contributed by atoms with E-state index in [-0.39, 0.29) is 0 Å². The number of fused-ring (bicyclic) bond motifs is 1. The summed E-state index contributed by atoms with van der Waals surface area (Å²) < 4.78 is 7.34. The Bertz CT molecular complexity index is 431. The molecule has 0 aliphatic heterocycles. The van der Waals surface area contributed by atoms with Crippen molar-refractivity contribution >= 4 is 42.8 Å². The van der Waals surface area contributed by atoms with Crippen LogP contribution in [-0.4, -0.2) is 0 Å². The molecule has 0 N–H and O–H groups in total. The largest absolute Gasteiger partial charge is 0.449 e. The van der Waals surface area contributed by atoms with Gasteiger partial charge in [0.2, 0.25) is 0 Å². The first-order valence-electron chi connectivity index (χ1n) is 3.52. The summed E-state index contributed by atoms with van der Waals surface area (Å²) in [6.45, 7) is 2.03. The molecule has 1 aromatic heterocycles. The second-order valence-corrected chi connectivity index (χ2v) is 4.28. The molecule has 0 saturated carbocycles. The monoisotopic (exact) mass is 288 g/mol. The maximum Gasteiger partial charge on any atom is 0.173 e. The highest BCUT2D eigenvalue weighted by atomic mass is 79.9. The van der Waals surface area contributed by atoms with Crippen LogP contribution in [0.3, 0.4) is 0 Å². The van der Waals surface area contributed by atoms with Crippen molar-refractivity contribution in [3.63, 3.8) is 0 Å². The van der Waals surface area contributed by atoms with E-state index in [9.17, 15) is 0 Å². The number of rotatable bonds is 0. The molecule has 0 saturated heterocycles. The molecule has 0 spiro atoms. The highest BCUT2D eigenvalue weighted by Crippen LogP contribution is 2.30. The Hall–Kier alpha value is -0.280. The van der Waals surface area contributed by atoms with Crippen molar-refractivity contribution in [2.75, 3.05) is 0 Å². The molecule has 12 heavy (non-hydrogen) atoms. The fraction of sp³-hybridized carbons (Fsp3) is 0.111. The van der Waals surface area contributed by atoms with Crippen molar-refractivity contribution in [2.24, 2.45) is 0 Å². The maximum atomic E-state index is 5.45. The van der Waals surface area contributed by atoms with Gasteiger partial charge in [0.1, 0.15) is 5.58 Å². The van der Waals surface area contributed by atoms with Gasteiger partial charge in [0, 0.05) is 15.4 Å². The van der Waals surface area contributed by atoms with Crippen molar-refractivity contribution in [1.82, 2.24) is 0 Å². The van der Waals surface area contributed by atoms with Crippen LogP contribution in [0.25, 0.3) is 11.0 Å². The first kappa shape index (κ1) is 8.32. The van der Waals surface area contributed by atoms with Crippen LogP contribution in [0.4, 0.5) is 0 Å². The molecule has 0 atom stereocenters. The van der Waals surface area contributed by atoms with Gasteiger partial charge in [0.15, 0.2) is 4.67 Å². The smallest absolute Gasteiger partial charge is 0.173 e. The van der Waals surface area contributed by atoms with Gasteiger partial charge in [0.05, 0.1) is 0 Å². The van der Waals surface area contributed by atoms with E-state index in [0.29, 0.717) is 0 Å². The molecule has 0 aliphatic carbocycles. The normalized spacial score (nSPS) is 10.9. The third-order valence-electron chi connectivity index (χ3n) is 1.84. The standard InChI is InChI=1S/C9H6Br2O/c1-5-7-4-6(10)2-3-8(7)12-9(5)11/h2-4H,1H3. The molecule has 1 heterocycles. The average Bonchev–Trinajstić information content (AvgIpc) is 2.31. The number of furan rings is 1. The Kier molecular flexibility index (Phi) is 2.00. The van der Waals surface area contributed by atoms with Crippen LogP contribution in [0.15, 0.2) is 31.8 Å². The molecule has 2 aromatic rings. The average molecular weight is 290 g/mol. The van der Waals surface area contributed by atoms with Gasteiger partial charge in [0.25, 0.3) is 0 Å². The minimum absolute atomic E-state index is 0.815. The molecule has 0 fully saturated rings. The van der Waals surface area contributed by atoms with E-state index in [4.69, 9.17) is 4.42 Å². The number of hydrogen-bond donors (Lipinski definition) is 0. The lowest BCUT2D eigenvalue weighted by Gasteiger charge is -1.89. The summed E-state index contributed by atoms with van der Waals surface area (Å²) in [5.41, 5.74) is 2.06. The van der Waals surface area contributed by atoms with Crippen molar-refractivity contribution in [3.8, 4) is 0 Å². The van der Waals surface area contributed by atoms with Crippen LogP contribution in [-0.2, 0) is 0 Å². The Labute approximate surface area is 87.0 Å². The van der Waals surface area contributed by atoms with Crippen molar-refractivity contribution in [1.29, 1.82) is 0 Å². The van der Waals surface area contributed by atoms with E-state index in [1.807, 2.05) is 19.1 Å². The number of benzene rings is 1. The number of hydrogen-bond acceptors (Lipinski definition) is 1. The summed E-state index contributed by atoms with van der Waals surface area (Å²) in [5, 5.41) is 1.15. The summed E-state index contributed by atoms with van der Waals surface area (Å²) in [7, 11) is 0. The lowest BCUT2D eigenvalue weighted by Crippen LogP contribution is -1.68. The van der Waals surface area contributed by atoms with Gasteiger partial charge in [-0.3, -0.25) is 0 Å². The minimum Gasteiger partial charge on any atom is -0.449 e. The van der Waals surface area contributed by atoms with Crippen LogP contribution < -0.4 is 0 Å². The molecule has 0 bridgehead atoms. The summed E-state index contributed by atoms with van der Waals surface area (Å²) in [6.07, 6.45) is 0. The van der Waals surface area contributed by atoms with E-state index in [0.717, 1.165) is 25.7 Å². The Balaban J connectivity index is 2.88. The van der Waals surface area contributed by atoms with Gasteiger partial charge in [-0.25, -0.2) is 0 Å². The third kappa shape index (κ3) is 1.21. The molecule has 1 nitrogen and oxygen atoms in total. The highest BCUT2D eigenvalue weighted by molar-refractivity contribution is 9.10. The Morgan fingerprint density at radius 3 is 2.75 bits per heavy atom. The lowest BCUT2D eigenvalue weighted by molar-refractivity contribution is 0.584. The van der Waals surface area contributed by atoms with Gasteiger partial charge in [-0.15, -0.1) is 0 Å². The van der Waals surface area contributed by atoms with Crippen LogP contribution in [0.5, 0.6) is 0 Å². The summed E-state index contributed by atoms with van der Waals surface area (Å²) in [4.78, 5) is 0. The molecule has 0 radical (unpaired) electrons. The first-order chi connectivity index (χ1) is 5.68. The van der Waals surface area contributed by atoms with Crippen molar-refractivity contribution < 1.29 is 4.42 Å².